The minimum atomic E-state index is -3.48. The molecule has 0 spiro atoms. The molecule has 0 amide bonds. The molecular formula is C29H33NO3P3+. The van der Waals surface area contributed by atoms with E-state index in [1.54, 1.807) is 0 Å². The van der Waals surface area contributed by atoms with Gasteiger partial charge in [-0.1, -0.05) is 102 Å². The Kier molecular flexibility index (Phi) is 9.63. The van der Waals surface area contributed by atoms with Gasteiger partial charge in [-0.3, -0.25) is 0 Å². The van der Waals surface area contributed by atoms with Crippen LogP contribution in [0.1, 0.15) is 13.8 Å². The van der Waals surface area contributed by atoms with Crippen LogP contribution >= 0.6 is 23.1 Å². The first-order valence-electron chi connectivity index (χ1n) is 12.1. The maximum atomic E-state index is 11.7. The Labute approximate surface area is 216 Å². The Morgan fingerprint density at radius 3 is 1.36 bits per heavy atom. The molecule has 0 fully saturated rings. The molecule has 4 nitrogen and oxygen atoms in total. The van der Waals surface area contributed by atoms with E-state index in [4.69, 9.17) is 13.6 Å². The lowest BCUT2D eigenvalue weighted by molar-refractivity contribution is 0.203. The summed E-state index contributed by atoms with van der Waals surface area (Å²) in [7, 11) is -6.85. The molecule has 0 atom stereocenters. The smallest absolute Gasteiger partial charge is 0.316 e. The van der Waals surface area contributed by atoms with Gasteiger partial charge >= 0.3 is 7.74 Å². The fourth-order valence-corrected chi connectivity index (χ4v) is 15.7. The van der Waals surface area contributed by atoms with Crippen LogP contribution in [0.15, 0.2) is 126 Å². The Hall–Kier alpha value is -2.15. The molecular weight excluding hydrogens is 503 g/mol. The zero-order valence-electron chi connectivity index (χ0n) is 20.7. The van der Waals surface area contributed by atoms with Crippen molar-refractivity contribution in [3.05, 3.63) is 121 Å². The average Bonchev–Trinajstić information content (AvgIpc) is 2.93. The normalized spacial score (nSPS) is 12.0. The van der Waals surface area contributed by atoms with Gasteiger partial charge in [0.2, 0.25) is 7.41 Å². The molecule has 0 aliphatic rings. The van der Waals surface area contributed by atoms with Crippen molar-refractivity contribution in [2.24, 2.45) is 4.52 Å². The van der Waals surface area contributed by atoms with Crippen molar-refractivity contribution in [3.63, 3.8) is 0 Å². The third-order valence-electron chi connectivity index (χ3n) is 5.71. The summed E-state index contributed by atoms with van der Waals surface area (Å²) in [4.78, 5) is 11.7. The number of rotatable bonds is 11. The van der Waals surface area contributed by atoms with Gasteiger partial charge in [-0.2, -0.15) is 0 Å². The van der Waals surface area contributed by atoms with E-state index in [-0.39, 0.29) is 0 Å². The summed E-state index contributed by atoms with van der Waals surface area (Å²) >= 11 is 0. The molecule has 0 saturated heterocycles. The van der Waals surface area contributed by atoms with Gasteiger partial charge in [-0.15, -0.1) is 0 Å². The van der Waals surface area contributed by atoms with E-state index in [0.717, 1.165) is 16.5 Å². The highest BCUT2D eigenvalue weighted by Gasteiger charge is 2.49. The number of nitrogens with zero attached hydrogens (tertiary/aromatic N) is 1. The molecule has 36 heavy (non-hydrogen) atoms. The highest BCUT2D eigenvalue weighted by molar-refractivity contribution is 7.99. The second kappa shape index (κ2) is 12.9. The summed E-state index contributed by atoms with van der Waals surface area (Å²) < 4.78 is 17.0. The van der Waals surface area contributed by atoms with Crippen LogP contribution in [0, 0.1) is 0 Å². The molecule has 186 valence electrons. The van der Waals surface area contributed by atoms with Gasteiger partial charge in [0.15, 0.2) is 0 Å². The molecule has 0 bridgehead atoms. The molecule has 4 aromatic rings. The molecule has 1 N–H and O–H groups in total. The molecule has 0 unspecified atom stereocenters. The van der Waals surface area contributed by atoms with Crippen LogP contribution in [-0.4, -0.2) is 24.0 Å². The van der Waals surface area contributed by atoms with Crippen molar-refractivity contribution in [2.75, 3.05) is 19.1 Å². The Balaban J connectivity index is 2.02. The minimum Gasteiger partial charge on any atom is -0.316 e. The van der Waals surface area contributed by atoms with Gasteiger partial charge in [0.25, 0.3) is 0 Å². The molecule has 0 aromatic heterocycles. The van der Waals surface area contributed by atoms with Crippen molar-refractivity contribution in [1.29, 1.82) is 0 Å². The van der Waals surface area contributed by atoms with E-state index in [1.807, 2.05) is 26.0 Å². The summed E-state index contributed by atoms with van der Waals surface area (Å²) in [5.41, 5.74) is 0. The Morgan fingerprint density at radius 1 is 0.639 bits per heavy atom. The summed E-state index contributed by atoms with van der Waals surface area (Å²) in [5.74, 6) is 0.757. The quantitative estimate of drug-likeness (QED) is 0.218. The lowest BCUT2D eigenvalue weighted by Gasteiger charge is -2.29. The molecule has 4 aromatic carbocycles. The fraction of sp³-hybridized carbons (Fsp3) is 0.172. The van der Waals surface area contributed by atoms with E-state index in [2.05, 4.69) is 109 Å². The van der Waals surface area contributed by atoms with Gasteiger partial charge < -0.3 is 13.9 Å². The standard InChI is InChI=1S/C29H33NO3P3/c1-3-32-36(31,33-4-2)30-35(28-21-13-7-14-22-28,29-23-15-8-16-24-29)25-34(26-17-9-5-10-18-26)27-19-11-6-12-20-27/h5-24,31H,3-4,25H2,1-2H3/q+1. The van der Waals surface area contributed by atoms with Gasteiger partial charge in [0.1, 0.15) is 16.5 Å². The lowest BCUT2D eigenvalue weighted by Crippen LogP contribution is -2.26. The predicted octanol–water partition coefficient (Wildman–Crippen LogP) is 6.67. The van der Waals surface area contributed by atoms with Gasteiger partial charge in [0, 0.05) is 0 Å². The van der Waals surface area contributed by atoms with E-state index in [9.17, 15) is 4.89 Å². The predicted molar refractivity (Wildman–Crippen MR) is 158 cm³/mol. The van der Waals surface area contributed by atoms with Crippen LogP contribution in [0.3, 0.4) is 0 Å². The van der Waals surface area contributed by atoms with Gasteiger partial charge in [-0.05, 0) is 56.6 Å². The lowest BCUT2D eigenvalue weighted by atomic mass is 10.4. The number of hydrogen-bond donors (Lipinski definition) is 1. The highest BCUT2D eigenvalue weighted by atomic mass is 31.2. The second-order valence-electron chi connectivity index (χ2n) is 8.10. The summed E-state index contributed by atoms with van der Waals surface area (Å²) in [6.07, 6.45) is 0. The zero-order valence-corrected chi connectivity index (χ0v) is 23.4. The average molecular weight is 537 g/mol. The van der Waals surface area contributed by atoms with Crippen molar-refractivity contribution in [2.45, 2.75) is 13.8 Å². The third kappa shape index (κ3) is 6.39. The molecule has 0 saturated carbocycles. The monoisotopic (exact) mass is 536 g/mol. The summed E-state index contributed by atoms with van der Waals surface area (Å²) in [5, 5.41) is 4.77. The van der Waals surface area contributed by atoms with Gasteiger partial charge in [0.05, 0.1) is 13.2 Å². The first-order chi connectivity index (χ1) is 17.6. The fourth-order valence-electron chi connectivity index (χ4n) is 4.14. The SMILES string of the molecule is CCOP(O)(=N[P+](CP(c1ccccc1)c1ccccc1)(c1ccccc1)c1ccccc1)OCC. The molecule has 7 heteroatoms. The maximum Gasteiger partial charge on any atom is 0.389 e. The molecule has 4 rings (SSSR count). The van der Waals surface area contributed by atoms with Crippen LogP contribution in [0.4, 0.5) is 0 Å². The van der Waals surface area contributed by atoms with Crippen LogP contribution in [0.5, 0.6) is 0 Å². The van der Waals surface area contributed by atoms with Crippen molar-refractivity contribution in [1.82, 2.24) is 0 Å². The molecule has 0 aliphatic heterocycles. The molecule has 0 heterocycles. The number of hydrogen-bond acceptors (Lipinski definition) is 3. The van der Waals surface area contributed by atoms with E-state index < -0.39 is 23.1 Å². The minimum absolute atomic E-state index is 0.323. The zero-order chi connectivity index (χ0) is 25.3. The topological polar surface area (TPSA) is 51.0 Å². The van der Waals surface area contributed by atoms with Crippen LogP contribution in [-0.2, 0) is 9.05 Å². The number of benzene rings is 4. The van der Waals surface area contributed by atoms with E-state index >= 15 is 0 Å². The Bertz CT molecular complexity index is 1170. The maximum absolute atomic E-state index is 11.7. The largest absolute Gasteiger partial charge is 0.389 e. The first-order valence-corrected chi connectivity index (χ1v) is 17.1. The van der Waals surface area contributed by atoms with Crippen molar-refractivity contribution >= 4 is 44.3 Å². The summed E-state index contributed by atoms with van der Waals surface area (Å²) in [6.45, 7) is 4.38. The van der Waals surface area contributed by atoms with Gasteiger partial charge in [-0.25, -0.2) is 0 Å². The highest BCUT2D eigenvalue weighted by Crippen LogP contribution is 2.71. The van der Waals surface area contributed by atoms with Crippen molar-refractivity contribution < 1.29 is 13.9 Å². The van der Waals surface area contributed by atoms with Crippen LogP contribution < -0.4 is 21.2 Å². The van der Waals surface area contributed by atoms with Crippen LogP contribution in [0.25, 0.3) is 0 Å². The Morgan fingerprint density at radius 2 is 1.00 bits per heavy atom. The third-order valence-corrected chi connectivity index (χ3v) is 15.9. The first kappa shape index (κ1) is 26.9. The second-order valence-corrected chi connectivity index (χ2v) is 15.9. The molecule has 0 radical (unpaired) electrons. The molecule has 0 aliphatic carbocycles. The summed E-state index contributed by atoms with van der Waals surface area (Å²) in [6, 6.07) is 42.1. The van der Waals surface area contributed by atoms with Crippen LogP contribution in [0.2, 0.25) is 0 Å². The van der Waals surface area contributed by atoms with E-state index in [0.29, 0.717) is 13.2 Å². The van der Waals surface area contributed by atoms with Crippen molar-refractivity contribution in [3.8, 4) is 0 Å². The van der Waals surface area contributed by atoms with E-state index in [1.165, 1.54) is 10.6 Å².